The summed E-state index contributed by atoms with van der Waals surface area (Å²) in [7, 11) is -1.34. The number of aromatic nitrogens is 2. The quantitative estimate of drug-likeness (QED) is 0.613. The highest BCUT2D eigenvalue weighted by atomic mass is 32.2. The average molecular weight is 408 g/mol. The second-order valence-electron chi connectivity index (χ2n) is 7.92. The molecule has 0 unspecified atom stereocenters. The average Bonchev–Trinajstić information content (AvgIpc) is 3.04. The van der Waals surface area contributed by atoms with E-state index in [-0.39, 0.29) is 17.7 Å². The minimum absolute atomic E-state index is 0.0389. The van der Waals surface area contributed by atoms with E-state index in [1.165, 1.54) is 12.1 Å². The third-order valence-electron chi connectivity index (χ3n) is 4.52. The molecule has 10 heteroatoms. The zero-order valence-electron chi connectivity index (χ0n) is 16.1. The van der Waals surface area contributed by atoms with E-state index in [2.05, 4.69) is 9.97 Å². The van der Waals surface area contributed by atoms with Crippen LogP contribution in [0.2, 0.25) is 0 Å². The number of likely N-dealkylation sites (tertiary alicyclic amines) is 1. The van der Waals surface area contributed by atoms with Gasteiger partial charge in [-0.2, -0.15) is 0 Å². The summed E-state index contributed by atoms with van der Waals surface area (Å²) < 4.78 is 18.1. The number of nitrogens with zero attached hydrogens (tertiary/aromatic N) is 3. The molecule has 1 N–H and O–H groups in total. The van der Waals surface area contributed by atoms with E-state index in [9.17, 15) is 19.1 Å². The standard InChI is InChI=1S/C18H24N4O5S/c1-18(2,3)27-17(23)21-8-6-12(7-9-21)11-28(26)16-19-14-5-4-13(22(24)25)10-15(14)20-16/h4-5,10,12H,6-9,11H2,1-3H3,(H,19,20)/t28-/m0/s1. The lowest BCUT2D eigenvalue weighted by molar-refractivity contribution is -0.384. The summed E-state index contributed by atoms with van der Waals surface area (Å²) in [5.74, 6) is 0.645. The molecule has 1 saturated heterocycles. The molecule has 0 spiro atoms. The normalized spacial score (nSPS) is 16.9. The van der Waals surface area contributed by atoms with Crippen molar-refractivity contribution in [3.8, 4) is 0 Å². The number of ether oxygens (including phenoxy) is 1. The van der Waals surface area contributed by atoms with Crippen LogP contribution >= 0.6 is 0 Å². The monoisotopic (exact) mass is 408 g/mol. The fourth-order valence-electron chi connectivity index (χ4n) is 3.10. The fraction of sp³-hybridized carbons (Fsp3) is 0.556. The Labute approximate surface area is 165 Å². The molecule has 1 atom stereocenters. The molecule has 1 aliphatic rings. The number of H-pyrrole nitrogens is 1. The number of aromatic amines is 1. The number of carbonyl (C=O) groups is 1. The molecule has 2 aromatic rings. The molecule has 0 radical (unpaired) electrons. The number of hydrogen-bond donors (Lipinski definition) is 1. The lowest BCUT2D eigenvalue weighted by Crippen LogP contribution is -2.42. The molecule has 28 heavy (non-hydrogen) atoms. The Bertz CT molecular complexity index is 912. The van der Waals surface area contributed by atoms with E-state index >= 15 is 0 Å². The van der Waals surface area contributed by atoms with Crippen LogP contribution in [0.25, 0.3) is 11.0 Å². The highest BCUT2D eigenvalue weighted by Gasteiger charge is 2.28. The number of piperidine rings is 1. The number of carbonyl (C=O) groups excluding carboxylic acids is 1. The molecule has 3 rings (SSSR count). The van der Waals surface area contributed by atoms with Crippen LogP contribution in [-0.4, -0.2) is 54.5 Å². The van der Waals surface area contributed by atoms with Gasteiger partial charge in [-0.25, -0.2) is 9.78 Å². The highest BCUT2D eigenvalue weighted by Crippen LogP contribution is 2.24. The maximum absolute atomic E-state index is 12.7. The fourth-order valence-corrected chi connectivity index (χ4v) is 4.44. The van der Waals surface area contributed by atoms with E-state index in [0.717, 1.165) is 12.8 Å². The number of amides is 1. The third-order valence-corrected chi connectivity index (χ3v) is 5.92. The SMILES string of the molecule is CC(C)(C)OC(=O)N1CCC(C[S@](=O)c2nc3ccc([N+](=O)[O-])cc3[nH]2)CC1. The van der Waals surface area contributed by atoms with Gasteiger partial charge in [-0.1, -0.05) is 0 Å². The molecule has 0 saturated carbocycles. The Hall–Kier alpha value is -2.49. The molecular weight excluding hydrogens is 384 g/mol. The molecule has 1 aliphatic heterocycles. The van der Waals surface area contributed by atoms with E-state index in [4.69, 9.17) is 4.74 Å². The van der Waals surface area contributed by atoms with Gasteiger partial charge in [0.15, 0.2) is 5.16 Å². The maximum atomic E-state index is 12.7. The molecule has 152 valence electrons. The predicted molar refractivity (Wildman–Crippen MR) is 105 cm³/mol. The summed E-state index contributed by atoms with van der Waals surface area (Å²) in [5.41, 5.74) is 0.486. The number of nitrogens with one attached hydrogen (secondary N) is 1. The molecule has 0 aliphatic carbocycles. The van der Waals surface area contributed by atoms with Gasteiger partial charge in [-0.05, 0) is 45.6 Å². The van der Waals surface area contributed by atoms with Gasteiger partial charge in [-0.15, -0.1) is 0 Å². The second-order valence-corrected chi connectivity index (χ2v) is 9.33. The molecule has 1 amide bonds. The lowest BCUT2D eigenvalue weighted by Gasteiger charge is -2.33. The van der Waals surface area contributed by atoms with Gasteiger partial charge >= 0.3 is 6.09 Å². The summed E-state index contributed by atoms with van der Waals surface area (Å²) in [6.07, 6.45) is 1.18. The number of benzene rings is 1. The van der Waals surface area contributed by atoms with Gasteiger partial charge in [0.2, 0.25) is 0 Å². The smallest absolute Gasteiger partial charge is 0.410 e. The minimum atomic E-state index is -1.34. The van der Waals surface area contributed by atoms with Gasteiger partial charge < -0.3 is 14.6 Å². The molecule has 0 bridgehead atoms. The number of imidazole rings is 1. The van der Waals surface area contributed by atoms with Crippen molar-refractivity contribution in [1.82, 2.24) is 14.9 Å². The Morgan fingerprint density at radius 3 is 2.68 bits per heavy atom. The molecular formula is C18H24N4O5S. The van der Waals surface area contributed by atoms with Crippen molar-refractivity contribution >= 4 is 33.6 Å². The van der Waals surface area contributed by atoms with Crippen molar-refractivity contribution in [2.75, 3.05) is 18.8 Å². The first-order valence-electron chi connectivity index (χ1n) is 9.13. The topological polar surface area (TPSA) is 118 Å². The van der Waals surface area contributed by atoms with Gasteiger partial charge in [0.05, 0.1) is 26.8 Å². The molecule has 2 heterocycles. The predicted octanol–water partition coefficient (Wildman–Crippen LogP) is 3.23. The van der Waals surface area contributed by atoms with E-state index in [0.29, 0.717) is 35.0 Å². The molecule has 1 aromatic carbocycles. The van der Waals surface area contributed by atoms with Crippen LogP contribution in [0.3, 0.4) is 0 Å². The Kier molecular flexibility index (Phi) is 5.69. The van der Waals surface area contributed by atoms with Gasteiger partial charge in [0.1, 0.15) is 5.60 Å². The summed E-state index contributed by atoms with van der Waals surface area (Å²) in [4.78, 5) is 31.4. The number of hydrogen-bond acceptors (Lipinski definition) is 6. The van der Waals surface area contributed by atoms with Gasteiger partial charge in [-0.3, -0.25) is 14.3 Å². The molecule has 1 fully saturated rings. The van der Waals surface area contributed by atoms with Crippen LogP contribution in [0.1, 0.15) is 33.6 Å². The van der Waals surface area contributed by atoms with Gasteiger partial charge in [0.25, 0.3) is 5.69 Å². The largest absolute Gasteiger partial charge is 0.444 e. The number of non-ortho nitro benzene ring substituents is 1. The van der Waals surface area contributed by atoms with Crippen molar-refractivity contribution in [2.45, 2.75) is 44.4 Å². The van der Waals surface area contributed by atoms with E-state index in [1.807, 2.05) is 20.8 Å². The Morgan fingerprint density at radius 2 is 2.07 bits per heavy atom. The first-order chi connectivity index (χ1) is 13.1. The third kappa shape index (κ3) is 4.86. The number of fused-ring (bicyclic) bond motifs is 1. The Morgan fingerprint density at radius 1 is 1.39 bits per heavy atom. The Balaban J connectivity index is 1.58. The zero-order chi connectivity index (χ0) is 20.5. The molecule has 1 aromatic heterocycles. The van der Waals surface area contributed by atoms with Crippen molar-refractivity contribution in [3.05, 3.63) is 28.3 Å². The summed E-state index contributed by atoms with van der Waals surface area (Å²) >= 11 is 0. The summed E-state index contributed by atoms with van der Waals surface area (Å²) in [5, 5.41) is 11.2. The number of nitro benzene ring substituents is 1. The highest BCUT2D eigenvalue weighted by molar-refractivity contribution is 7.84. The minimum Gasteiger partial charge on any atom is -0.444 e. The van der Waals surface area contributed by atoms with Crippen LogP contribution in [-0.2, 0) is 15.5 Å². The van der Waals surface area contributed by atoms with Crippen molar-refractivity contribution in [3.63, 3.8) is 0 Å². The number of rotatable bonds is 4. The second kappa shape index (κ2) is 7.86. The number of nitro groups is 1. The first-order valence-corrected chi connectivity index (χ1v) is 10.4. The van der Waals surface area contributed by atoms with Crippen molar-refractivity contribution in [2.24, 2.45) is 5.92 Å². The lowest BCUT2D eigenvalue weighted by atomic mass is 9.99. The maximum Gasteiger partial charge on any atom is 0.410 e. The van der Waals surface area contributed by atoms with Gasteiger partial charge in [0, 0.05) is 31.0 Å². The summed E-state index contributed by atoms with van der Waals surface area (Å²) in [6, 6.07) is 4.31. The summed E-state index contributed by atoms with van der Waals surface area (Å²) in [6.45, 7) is 6.65. The first kappa shape index (κ1) is 20.2. The van der Waals surface area contributed by atoms with Crippen LogP contribution in [0.15, 0.2) is 23.4 Å². The zero-order valence-corrected chi connectivity index (χ0v) is 17.0. The van der Waals surface area contributed by atoms with Crippen LogP contribution in [0.5, 0.6) is 0 Å². The van der Waals surface area contributed by atoms with Crippen LogP contribution in [0.4, 0.5) is 10.5 Å². The van der Waals surface area contributed by atoms with Crippen molar-refractivity contribution in [1.29, 1.82) is 0 Å². The van der Waals surface area contributed by atoms with E-state index < -0.39 is 21.3 Å². The molecule has 9 nitrogen and oxygen atoms in total. The van der Waals surface area contributed by atoms with Crippen molar-refractivity contribution < 1.29 is 18.7 Å². The van der Waals surface area contributed by atoms with Crippen LogP contribution in [0, 0.1) is 16.0 Å². The van der Waals surface area contributed by atoms with Crippen LogP contribution < -0.4 is 0 Å². The van der Waals surface area contributed by atoms with E-state index in [1.54, 1.807) is 11.0 Å².